The number of hydrogen-bond donors (Lipinski definition) is 1. The van der Waals surface area contributed by atoms with Crippen molar-refractivity contribution < 1.29 is 13.9 Å². The molecule has 0 aliphatic rings. The maximum absolute atomic E-state index is 13.3. The normalized spacial score (nSPS) is 11.7. The van der Waals surface area contributed by atoms with E-state index in [9.17, 15) is 4.79 Å². The number of thioether (sulfide) groups is 1. The van der Waals surface area contributed by atoms with Crippen molar-refractivity contribution in [1.82, 2.24) is 25.1 Å². The zero-order valence-electron chi connectivity index (χ0n) is 24.2. The number of nitrogens with zero attached hydrogens (tertiary/aromatic N) is 4. The lowest BCUT2D eigenvalue weighted by molar-refractivity contribution is 0.0931. The smallest absolute Gasteiger partial charge is 0.273 e. The standard InChI is InChI=1S/C35H31N5O3S/c1-42-29-19-17-28(18-20-29)40-32(22-26-13-7-3-8-14-26)38-39-35(40)44-24-33-36-31(23-43-33)34(41)37-30(27-15-9-4-10-16-27)21-25-11-5-2-6-12-25/h2-20,23,30H,21-22,24H2,1H3,(H,37,41). The van der Waals surface area contributed by atoms with Crippen molar-refractivity contribution in [3.8, 4) is 11.4 Å². The van der Waals surface area contributed by atoms with Crippen LogP contribution in [0.2, 0.25) is 0 Å². The van der Waals surface area contributed by atoms with Gasteiger partial charge >= 0.3 is 0 Å². The first-order valence-corrected chi connectivity index (χ1v) is 15.2. The van der Waals surface area contributed by atoms with Crippen LogP contribution in [0.25, 0.3) is 5.69 Å². The van der Waals surface area contributed by atoms with Crippen LogP contribution < -0.4 is 10.1 Å². The molecule has 2 aromatic heterocycles. The summed E-state index contributed by atoms with van der Waals surface area (Å²) in [6.07, 6.45) is 2.68. The molecule has 2 heterocycles. The lowest BCUT2D eigenvalue weighted by Gasteiger charge is -2.19. The number of methoxy groups -OCH3 is 1. The second-order valence-corrected chi connectivity index (χ2v) is 11.1. The molecular formula is C35H31N5O3S. The van der Waals surface area contributed by atoms with Gasteiger partial charge in [0.05, 0.1) is 18.9 Å². The molecule has 220 valence electrons. The van der Waals surface area contributed by atoms with Crippen LogP contribution in [-0.2, 0) is 18.6 Å². The molecule has 0 saturated heterocycles. The molecule has 8 nitrogen and oxygen atoms in total. The maximum atomic E-state index is 13.3. The molecule has 1 N–H and O–H groups in total. The third-order valence-corrected chi connectivity index (χ3v) is 8.05. The molecule has 4 aromatic carbocycles. The molecule has 0 radical (unpaired) electrons. The predicted molar refractivity (Wildman–Crippen MR) is 170 cm³/mol. The fourth-order valence-corrected chi connectivity index (χ4v) is 5.73. The van der Waals surface area contributed by atoms with E-state index in [2.05, 4.69) is 44.8 Å². The molecule has 44 heavy (non-hydrogen) atoms. The summed E-state index contributed by atoms with van der Waals surface area (Å²) in [5.41, 5.74) is 4.44. The Kier molecular flexibility index (Phi) is 9.13. The van der Waals surface area contributed by atoms with Gasteiger partial charge in [0.25, 0.3) is 5.91 Å². The van der Waals surface area contributed by atoms with E-state index in [0.717, 1.165) is 34.0 Å². The van der Waals surface area contributed by atoms with Gasteiger partial charge in [0, 0.05) is 12.1 Å². The number of carbonyl (C=O) groups is 1. The topological polar surface area (TPSA) is 95.1 Å². The van der Waals surface area contributed by atoms with E-state index in [4.69, 9.17) is 9.15 Å². The highest BCUT2D eigenvalue weighted by Gasteiger charge is 2.21. The average Bonchev–Trinajstić information content (AvgIpc) is 3.72. The summed E-state index contributed by atoms with van der Waals surface area (Å²) in [6, 6.07) is 37.8. The van der Waals surface area contributed by atoms with Crippen LogP contribution >= 0.6 is 11.8 Å². The zero-order valence-corrected chi connectivity index (χ0v) is 25.0. The molecule has 0 aliphatic carbocycles. The molecule has 0 spiro atoms. The summed E-state index contributed by atoms with van der Waals surface area (Å²) in [5, 5.41) is 12.9. The lowest BCUT2D eigenvalue weighted by Crippen LogP contribution is -2.30. The van der Waals surface area contributed by atoms with Crippen molar-refractivity contribution in [1.29, 1.82) is 0 Å². The summed E-state index contributed by atoms with van der Waals surface area (Å²) in [7, 11) is 1.64. The number of rotatable bonds is 12. The highest BCUT2D eigenvalue weighted by Crippen LogP contribution is 2.27. The van der Waals surface area contributed by atoms with Crippen molar-refractivity contribution in [3.05, 3.63) is 156 Å². The second-order valence-electron chi connectivity index (χ2n) is 10.1. The molecule has 9 heteroatoms. The third kappa shape index (κ3) is 7.07. The summed E-state index contributed by atoms with van der Waals surface area (Å²) in [5.74, 6) is 2.08. The van der Waals surface area contributed by atoms with Crippen molar-refractivity contribution in [2.45, 2.75) is 29.8 Å². The van der Waals surface area contributed by atoms with E-state index >= 15 is 0 Å². The number of hydrogen-bond acceptors (Lipinski definition) is 7. The number of nitrogens with one attached hydrogen (secondary N) is 1. The van der Waals surface area contributed by atoms with Crippen LogP contribution in [0.5, 0.6) is 5.75 Å². The second kappa shape index (κ2) is 13.9. The monoisotopic (exact) mass is 601 g/mol. The van der Waals surface area contributed by atoms with E-state index in [-0.39, 0.29) is 17.6 Å². The molecule has 1 atom stereocenters. The Morgan fingerprint density at radius 2 is 1.52 bits per heavy atom. The summed E-state index contributed by atoms with van der Waals surface area (Å²) < 4.78 is 13.1. The first kappa shape index (κ1) is 28.9. The lowest BCUT2D eigenvalue weighted by atomic mass is 9.99. The number of benzene rings is 4. The predicted octanol–water partition coefficient (Wildman–Crippen LogP) is 6.86. The van der Waals surface area contributed by atoms with Gasteiger partial charge in [-0.3, -0.25) is 9.36 Å². The van der Waals surface area contributed by atoms with E-state index in [1.54, 1.807) is 7.11 Å². The summed E-state index contributed by atoms with van der Waals surface area (Å²) in [4.78, 5) is 17.8. The molecule has 6 aromatic rings. The van der Waals surface area contributed by atoms with Gasteiger partial charge in [-0.2, -0.15) is 0 Å². The van der Waals surface area contributed by atoms with Crippen LogP contribution in [0.4, 0.5) is 0 Å². The molecule has 0 aliphatic heterocycles. The van der Waals surface area contributed by atoms with Crippen molar-refractivity contribution in [2.75, 3.05) is 7.11 Å². The van der Waals surface area contributed by atoms with E-state index in [1.165, 1.54) is 18.0 Å². The minimum absolute atomic E-state index is 0.216. The van der Waals surface area contributed by atoms with Crippen molar-refractivity contribution >= 4 is 17.7 Å². The van der Waals surface area contributed by atoms with Crippen LogP contribution in [0.15, 0.2) is 131 Å². The maximum Gasteiger partial charge on any atom is 0.273 e. The Labute approximate surface area is 260 Å². The number of oxazole rings is 1. The molecule has 0 bridgehead atoms. The van der Waals surface area contributed by atoms with E-state index in [1.807, 2.05) is 95.6 Å². The van der Waals surface area contributed by atoms with Gasteiger partial charge in [0.1, 0.15) is 17.8 Å². The van der Waals surface area contributed by atoms with Crippen LogP contribution in [0.1, 0.15) is 44.9 Å². The van der Waals surface area contributed by atoms with Gasteiger partial charge < -0.3 is 14.5 Å². The van der Waals surface area contributed by atoms with Gasteiger partial charge in [0.15, 0.2) is 10.9 Å². The van der Waals surface area contributed by atoms with Crippen molar-refractivity contribution in [3.63, 3.8) is 0 Å². The van der Waals surface area contributed by atoms with Gasteiger partial charge in [-0.15, -0.1) is 10.2 Å². The van der Waals surface area contributed by atoms with Gasteiger partial charge in [-0.25, -0.2) is 4.98 Å². The number of amides is 1. The molecule has 1 unspecified atom stereocenters. The molecule has 0 saturated carbocycles. The Hall–Kier alpha value is -5.15. The van der Waals surface area contributed by atoms with Crippen LogP contribution in [0.3, 0.4) is 0 Å². The number of carbonyl (C=O) groups excluding carboxylic acids is 1. The average molecular weight is 602 g/mol. The van der Waals surface area contributed by atoms with Crippen molar-refractivity contribution in [2.24, 2.45) is 0 Å². The fraction of sp³-hybridized carbons (Fsp3) is 0.143. The quantitative estimate of drug-likeness (QED) is 0.153. The first-order chi connectivity index (χ1) is 21.7. The minimum Gasteiger partial charge on any atom is -0.497 e. The van der Waals surface area contributed by atoms with Crippen LogP contribution in [-0.4, -0.2) is 32.8 Å². The van der Waals surface area contributed by atoms with Gasteiger partial charge in [0.2, 0.25) is 5.89 Å². The van der Waals surface area contributed by atoms with E-state index < -0.39 is 0 Å². The molecular weight excluding hydrogens is 570 g/mol. The van der Waals surface area contributed by atoms with Gasteiger partial charge in [-0.05, 0) is 47.4 Å². The number of ether oxygens (including phenoxy) is 1. The highest BCUT2D eigenvalue weighted by molar-refractivity contribution is 7.98. The Morgan fingerprint density at radius 3 is 2.20 bits per heavy atom. The molecule has 6 rings (SSSR count). The summed E-state index contributed by atoms with van der Waals surface area (Å²) in [6.45, 7) is 0. The van der Waals surface area contributed by atoms with Crippen LogP contribution in [0, 0.1) is 0 Å². The fourth-order valence-electron chi connectivity index (χ4n) is 4.90. The largest absolute Gasteiger partial charge is 0.497 e. The summed E-state index contributed by atoms with van der Waals surface area (Å²) >= 11 is 1.44. The Morgan fingerprint density at radius 1 is 0.864 bits per heavy atom. The van der Waals surface area contributed by atoms with E-state index in [0.29, 0.717) is 29.6 Å². The molecule has 1 amide bonds. The first-order valence-electron chi connectivity index (χ1n) is 14.3. The highest BCUT2D eigenvalue weighted by atomic mass is 32.2. The minimum atomic E-state index is -0.290. The number of aromatic nitrogens is 4. The Bertz CT molecular complexity index is 1790. The Balaban J connectivity index is 1.18. The SMILES string of the molecule is COc1ccc(-n2c(Cc3ccccc3)nnc2SCc2nc(C(=O)NC(Cc3ccccc3)c3ccccc3)co2)cc1. The zero-order chi connectivity index (χ0) is 30.1. The molecule has 0 fully saturated rings. The third-order valence-electron chi connectivity index (χ3n) is 7.14. The van der Waals surface area contributed by atoms with Gasteiger partial charge in [-0.1, -0.05) is 103 Å².